The molecular formula is C12H15NO2. The van der Waals surface area contributed by atoms with Crippen LogP contribution in [0.4, 0.5) is 5.69 Å². The van der Waals surface area contributed by atoms with E-state index in [-0.39, 0.29) is 6.10 Å². The van der Waals surface area contributed by atoms with Gasteiger partial charge in [0.25, 0.3) is 0 Å². The third-order valence-corrected chi connectivity index (χ3v) is 2.98. The summed E-state index contributed by atoms with van der Waals surface area (Å²) in [7, 11) is 0. The third-order valence-electron chi connectivity index (χ3n) is 2.98. The molecule has 0 amide bonds. The minimum atomic E-state index is 0.240. The van der Waals surface area contributed by atoms with Crippen molar-refractivity contribution in [1.29, 1.82) is 0 Å². The number of ether oxygens (including phenoxy) is 2. The van der Waals surface area contributed by atoms with Gasteiger partial charge in [-0.1, -0.05) is 6.07 Å². The summed E-state index contributed by atoms with van der Waals surface area (Å²) in [5.41, 5.74) is 2.62. The van der Waals surface area contributed by atoms with E-state index < -0.39 is 0 Å². The highest BCUT2D eigenvalue weighted by Gasteiger charge is 2.18. The van der Waals surface area contributed by atoms with E-state index in [9.17, 15) is 0 Å². The lowest BCUT2D eigenvalue weighted by atomic mass is 10.1. The summed E-state index contributed by atoms with van der Waals surface area (Å²) in [6.45, 7) is 2.60. The Morgan fingerprint density at radius 1 is 1.40 bits per heavy atom. The molecule has 1 fully saturated rings. The van der Waals surface area contributed by atoms with Crippen LogP contribution in [0.1, 0.15) is 12.0 Å². The molecule has 3 heteroatoms. The number of fused-ring (bicyclic) bond motifs is 1. The summed E-state index contributed by atoms with van der Waals surface area (Å²) < 4.78 is 11.1. The maximum absolute atomic E-state index is 5.84. The van der Waals surface area contributed by atoms with Gasteiger partial charge in [-0.2, -0.15) is 0 Å². The Morgan fingerprint density at radius 3 is 3.27 bits per heavy atom. The molecule has 1 aromatic carbocycles. The quantitative estimate of drug-likeness (QED) is 0.799. The van der Waals surface area contributed by atoms with Gasteiger partial charge in [-0.15, -0.1) is 0 Å². The van der Waals surface area contributed by atoms with E-state index in [0.29, 0.717) is 0 Å². The number of hydrogen-bond acceptors (Lipinski definition) is 3. The molecular weight excluding hydrogens is 190 g/mol. The van der Waals surface area contributed by atoms with Gasteiger partial charge in [0.05, 0.1) is 13.2 Å². The second-order valence-corrected chi connectivity index (χ2v) is 4.10. The van der Waals surface area contributed by atoms with Crippen molar-refractivity contribution < 1.29 is 9.47 Å². The molecule has 80 valence electrons. The van der Waals surface area contributed by atoms with Gasteiger partial charge in [0, 0.05) is 24.7 Å². The van der Waals surface area contributed by atoms with Crippen molar-refractivity contribution in [3.05, 3.63) is 23.8 Å². The summed E-state index contributed by atoms with van der Waals surface area (Å²) in [4.78, 5) is 0. The lowest BCUT2D eigenvalue weighted by Crippen LogP contribution is -2.15. The summed E-state index contributed by atoms with van der Waals surface area (Å²) >= 11 is 0. The van der Waals surface area contributed by atoms with Gasteiger partial charge in [-0.25, -0.2) is 0 Å². The Labute approximate surface area is 89.4 Å². The highest BCUT2D eigenvalue weighted by molar-refractivity contribution is 5.58. The zero-order valence-corrected chi connectivity index (χ0v) is 8.66. The molecule has 3 nitrogen and oxygen atoms in total. The van der Waals surface area contributed by atoms with Gasteiger partial charge in [-0.05, 0) is 18.1 Å². The predicted molar refractivity (Wildman–Crippen MR) is 58.5 cm³/mol. The van der Waals surface area contributed by atoms with Crippen LogP contribution in [0.5, 0.6) is 5.75 Å². The SMILES string of the molecule is c1cc2c(cc1O[C@H]1CCOC1)NCC2. The Morgan fingerprint density at radius 2 is 2.40 bits per heavy atom. The second-order valence-electron chi connectivity index (χ2n) is 4.10. The number of hydrogen-bond donors (Lipinski definition) is 1. The summed E-state index contributed by atoms with van der Waals surface area (Å²) in [5, 5.41) is 3.35. The molecule has 0 bridgehead atoms. The van der Waals surface area contributed by atoms with E-state index >= 15 is 0 Å². The van der Waals surface area contributed by atoms with Crippen LogP contribution in [-0.4, -0.2) is 25.9 Å². The van der Waals surface area contributed by atoms with Crippen LogP contribution < -0.4 is 10.1 Å². The Kier molecular flexibility index (Phi) is 2.25. The minimum absolute atomic E-state index is 0.240. The Balaban J connectivity index is 1.75. The molecule has 3 rings (SSSR count). The molecule has 0 unspecified atom stereocenters. The van der Waals surface area contributed by atoms with Crippen LogP contribution in [0.25, 0.3) is 0 Å². The van der Waals surface area contributed by atoms with E-state index in [1.165, 1.54) is 11.3 Å². The molecule has 15 heavy (non-hydrogen) atoms. The highest BCUT2D eigenvalue weighted by Crippen LogP contribution is 2.28. The van der Waals surface area contributed by atoms with Crippen molar-refractivity contribution in [3.63, 3.8) is 0 Å². The van der Waals surface area contributed by atoms with Crippen LogP contribution in [0.2, 0.25) is 0 Å². The topological polar surface area (TPSA) is 30.5 Å². The van der Waals surface area contributed by atoms with Crippen molar-refractivity contribution in [2.75, 3.05) is 25.1 Å². The molecule has 1 aromatic rings. The lowest BCUT2D eigenvalue weighted by molar-refractivity contribution is 0.141. The molecule has 0 aromatic heterocycles. The van der Waals surface area contributed by atoms with Gasteiger partial charge >= 0.3 is 0 Å². The van der Waals surface area contributed by atoms with Gasteiger partial charge in [0.15, 0.2) is 0 Å². The first kappa shape index (κ1) is 9.04. The number of rotatable bonds is 2. The highest BCUT2D eigenvalue weighted by atomic mass is 16.5. The van der Waals surface area contributed by atoms with Crippen molar-refractivity contribution in [3.8, 4) is 5.75 Å². The van der Waals surface area contributed by atoms with Crippen LogP contribution >= 0.6 is 0 Å². The fraction of sp³-hybridized carbons (Fsp3) is 0.500. The molecule has 2 aliphatic rings. The van der Waals surface area contributed by atoms with Gasteiger partial charge in [0.2, 0.25) is 0 Å². The van der Waals surface area contributed by atoms with E-state index in [1.807, 2.05) is 0 Å². The predicted octanol–water partition coefficient (Wildman–Crippen LogP) is 1.82. The first-order chi connectivity index (χ1) is 7.42. The second kappa shape index (κ2) is 3.74. The van der Waals surface area contributed by atoms with E-state index in [1.54, 1.807) is 0 Å². The molecule has 0 saturated carbocycles. The van der Waals surface area contributed by atoms with Gasteiger partial charge in [-0.3, -0.25) is 0 Å². The Bertz CT molecular complexity index is 359. The first-order valence-electron chi connectivity index (χ1n) is 5.53. The van der Waals surface area contributed by atoms with Crippen LogP contribution in [0.15, 0.2) is 18.2 Å². The molecule has 1 saturated heterocycles. The van der Waals surface area contributed by atoms with Crippen molar-refractivity contribution >= 4 is 5.69 Å². The van der Waals surface area contributed by atoms with Gasteiger partial charge in [0.1, 0.15) is 11.9 Å². The van der Waals surface area contributed by atoms with Crippen LogP contribution in [0, 0.1) is 0 Å². The fourth-order valence-electron chi connectivity index (χ4n) is 2.14. The number of benzene rings is 1. The number of anilines is 1. The van der Waals surface area contributed by atoms with Crippen LogP contribution in [0.3, 0.4) is 0 Å². The van der Waals surface area contributed by atoms with Crippen molar-refractivity contribution in [1.82, 2.24) is 0 Å². The molecule has 0 spiro atoms. The monoisotopic (exact) mass is 205 g/mol. The summed E-state index contributed by atoms with van der Waals surface area (Å²) in [6.07, 6.45) is 2.37. The van der Waals surface area contributed by atoms with E-state index in [2.05, 4.69) is 23.5 Å². The smallest absolute Gasteiger partial charge is 0.124 e. The molecule has 1 atom stereocenters. The standard InChI is InChI=1S/C12H15NO2/c1-2-10(15-11-4-6-14-8-11)7-12-9(1)3-5-13-12/h1-2,7,11,13H,3-6,8H2/t11-/m0/s1. The minimum Gasteiger partial charge on any atom is -0.488 e. The maximum Gasteiger partial charge on any atom is 0.124 e. The van der Waals surface area contributed by atoms with Gasteiger partial charge < -0.3 is 14.8 Å². The van der Waals surface area contributed by atoms with Crippen LogP contribution in [-0.2, 0) is 11.2 Å². The lowest BCUT2D eigenvalue weighted by Gasteiger charge is -2.12. The molecule has 0 radical (unpaired) electrons. The number of nitrogens with one attached hydrogen (secondary N) is 1. The maximum atomic E-state index is 5.84. The first-order valence-corrected chi connectivity index (χ1v) is 5.53. The molecule has 2 aliphatic heterocycles. The normalized spacial score (nSPS) is 23.6. The Hall–Kier alpha value is -1.22. The van der Waals surface area contributed by atoms with Crippen molar-refractivity contribution in [2.24, 2.45) is 0 Å². The zero-order valence-electron chi connectivity index (χ0n) is 8.66. The largest absolute Gasteiger partial charge is 0.488 e. The van der Waals surface area contributed by atoms with E-state index in [4.69, 9.17) is 9.47 Å². The molecule has 1 N–H and O–H groups in total. The van der Waals surface area contributed by atoms with Crippen molar-refractivity contribution in [2.45, 2.75) is 18.9 Å². The third kappa shape index (κ3) is 1.79. The molecule has 2 heterocycles. The average Bonchev–Trinajstić information content (AvgIpc) is 2.87. The zero-order chi connectivity index (χ0) is 10.1. The van der Waals surface area contributed by atoms with E-state index in [0.717, 1.165) is 38.3 Å². The summed E-state index contributed by atoms with van der Waals surface area (Å²) in [6, 6.07) is 6.31. The molecule has 0 aliphatic carbocycles. The average molecular weight is 205 g/mol. The summed E-state index contributed by atoms with van der Waals surface area (Å²) in [5.74, 6) is 0.957. The fourth-order valence-corrected chi connectivity index (χ4v) is 2.14.